The summed E-state index contributed by atoms with van der Waals surface area (Å²) in [6.07, 6.45) is 0. The lowest BCUT2D eigenvalue weighted by atomic mass is 10.2. The smallest absolute Gasteiger partial charge is 0.356 e. The van der Waals surface area contributed by atoms with Gasteiger partial charge in [-0.05, 0) is 31.5 Å². The first-order chi connectivity index (χ1) is 8.99. The molecule has 0 unspecified atom stereocenters. The number of aromatic carboxylic acids is 1. The number of aryl methyl sites for hydroxylation is 2. The highest BCUT2D eigenvalue weighted by Crippen LogP contribution is 2.18. The van der Waals surface area contributed by atoms with Gasteiger partial charge in [0.2, 0.25) is 5.65 Å². The molecule has 0 spiro atoms. The fourth-order valence-electron chi connectivity index (χ4n) is 2.26. The van der Waals surface area contributed by atoms with E-state index >= 15 is 0 Å². The molecule has 2 heterocycles. The first-order valence-electron chi connectivity index (χ1n) is 5.74. The Balaban J connectivity index is 2.62. The maximum atomic E-state index is 11.9. The Bertz CT molecular complexity index is 889. The number of aromatic nitrogens is 3. The molecule has 0 amide bonds. The Morgan fingerprint density at radius 2 is 2.11 bits per heavy atom. The van der Waals surface area contributed by atoms with Crippen LogP contribution in [0.25, 0.3) is 16.7 Å². The highest BCUT2D eigenvalue weighted by molar-refractivity contribution is 5.89. The molecule has 0 aliphatic heterocycles. The van der Waals surface area contributed by atoms with E-state index in [1.807, 2.05) is 19.1 Å². The molecule has 2 N–H and O–H groups in total. The first-order valence-corrected chi connectivity index (χ1v) is 5.74. The molecular weight excluding hydrogens is 246 g/mol. The number of rotatable bonds is 1. The molecule has 3 rings (SSSR count). The minimum atomic E-state index is -1.14. The zero-order valence-corrected chi connectivity index (χ0v) is 10.4. The van der Waals surface area contributed by atoms with Crippen molar-refractivity contribution in [2.24, 2.45) is 0 Å². The summed E-state index contributed by atoms with van der Waals surface area (Å²) in [6, 6.07) is 5.57. The summed E-state index contributed by atoms with van der Waals surface area (Å²) in [4.78, 5) is 29.7. The molecule has 2 aromatic heterocycles. The third-order valence-electron chi connectivity index (χ3n) is 3.16. The number of fused-ring (bicyclic) bond motifs is 3. The van der Waals surface area contributed by atoms with Gasteiger partial charge in [-0.15, -0.1) is 0 Å². The second-order valence-electron chi connectivity index (χ2n) is 4.48. The summed E-state index contributed by atoms with van der Waals surface area (Å²) in [5, 5.41) is 9.10. The van der Waals surface area contributed by atoms with Gasteiger partial charge in [0.1, 0.15) is 0 Å². The number of aromatic amines is 1. The summed E-state index contributed by atoms with van der Waals surface area (Å²) in [7, 11) is 0. The molecular formula is C13H11N3O3. The highest BCUT2D eigenvalue weighted by Gasteiger charge is 2.18. The molecule has 96 valence electrons. The molecule has 0 bridgehead atoms. The minimum Gasteiger partial charge on any atom is -0.476 e. The lowest BCUT2D eigenvalue weighted by molar-refractivity contribution is 0.0690. The summed E-state index contributed by atoms with van der Waals surface area (Å²) >= 11 is 0. The van der Waals surface area contributed by atoms with E-state index in [0.29, 0.717) is 11.2 Å². The van der Waals surface area contributed by atoms with E-state index < -0.39 is 11.5 Å². The number of H-pyrrole nitrogens is 1. The van der Waals surface area contributed by atoms with Gasteiger partial charge in [-0.25, -0.2) is 9.78 Å². The van der Waals surface area contributed by atoms with Crippen LogP contribution in [0.5, 0.6) is 0 Å². The van der Waals surface area contributed by atoms with Gasteiger partial charge in [-0.3, -0.25) is 9.20 Å². The van der Waals surface area contributed by atoms with Gasteiger partial charge in [0.15, 0.2) is 5.69 Å². The molecule has 0 radical (unpaired) electrons. The second kappa shape index (κ2) is 3.68. The van der Waals surface area contributed by atoms with E-state index in [1.54, 1.807) is 17.4 Å². The Kier molecular flexibility index (Phi) is 2.22. The Labute approximate surface area is 107 Å². The van der Waals surface area contributed by atoms with Gasteiger partial charge in [0.25, 0.3) is 5.56 Å². The molecule has 0 saturated carbocycles. The van der Waals surface area contributed by atoms with Gasteiger partial charge in [-0.2, -0.15) is 0 Å². The average Bonchev–Trinajstić information content (AvgIpc) is 2.69. The maximum absolute atomic E-state index is 11.9. The van der Waals surface area contributed by atoms with Crippen molar-refractivity contribution < 1.29 is 9.90 Å². The topological polar surface area (TPSA) is 87.5 Å². The van der Waals surface area contributed by atoms with Crippen LogP contribution in [0, 0.1) is 13.8 Å². The quantitative estimate of drug-likeness (QED) is 0.691. The van der Waals surface area contributed by atoms with Crippen LogP contribution in [0.2, 0.25) is 0 Å². The highest BCUT2D eigenvalue weighted by atomic mass is 16.4. The van der Waals surface area contributed by atoms with Crippen LogP contribution in [0.3, 0.4) is 0 Å². The van der Waals surface area contributed by atoms with Gasteiger partial charge >= 0.3 is 5.97 Å². The van der Waals surface area contributed by atoms with Crippen molar-refractivity contribution in [2.75, 3.05) is 0 Å². The zero-order valence-electron chi connectivity index (χ0n) is 10.4. The second-order valence-corrected chi connectivity index (χ2v) is 4.48. The molecule has 6 heteroatoms. The predicted octanol–water partition coefficient (Wildman–Crippen LogP) is 1.49. The molecule has 19 heavy (non-hydrogen) atoms. The molecule has 0 fully saturated rings. The standard InChI is InChI=1S/C13H11N3O3/c1-6-3-4-8-9(5-6)16-7(2)10(13(18)19)15-11(16)12(17)14-8/h3-5H,1-2H3,(H,14,17)(H,18,19). The van der Waals surface area contributed by atoms with Gasteiger partial charge in [-0.1, -0.05) is 6.07 Å². The molecule has 0 atom stereocenters. The lowest BCUT2D eigenvalue weighted by Crippen LogP contribution is -2.11. The lowest BCUT2D eigenvalue weighted by Gasteiger charge is -2.04. The number of carboxylic acids is 1. The fraction of sp³-hybridized carbons (Fsp3) is 0.154. The van der Waals surface area contributed by atoms with Gasteiger partial charge in [0.05, 0.1) is 16.7 Å². The van der Waals surface area contributed by atoms with Gasteiger partial charge < -0.3 is 10.1 Å². The summed E-state index contributed by atoms with van der Waals surface area (Å²) in [5.74, 6) is -1.14. The third kappa shape index (κ3) is 1.53. The van der Waals surface area contributed by atoms with Crippen LogP contribution >= 0.6 is 0 Å². The van der Waals surface area contributed by atoms with Crippen molar-refractivity contribution in [1.29, 1.82) is 0 Å². The number of nitrogens with zero attached hydrogens (tertiary/aromatic N) is 2. The predicted molar refractivity (Wildman–Crippen MR) is 69.8 cm³/mol. The number of imidazole rings is 1. The number of hydrogen-bond acceptors (Lipinski definition) is 3. The van der Waals surface area contributed by atoms with E-state index in [9.17, 15) is 9.59 Å². The monoisotopic (exact) mass is 257 g/mol. The van der Waals surface area contributed by atoms with E-state index in [2.05, 4.69) is 9.97 Å². The minimum absolute atomic E-state index is 0.0977. The molecule has 3 aromatic rings. The van der Waals surface area contributed by atoms with Crippen LogP contribution in [0.15, 0.2) is 23.0 Å². The SMILES string of the molecule is Cc1ccc2[nH]c(=O)c3nc(C(=O)O)c(C)n3c2c1. The van der Waals surface area contributed by atoms with Crippen molar-refractivity contribution in [3.8, 4) is 0 Å². The van der Waals surface area contributed by atoms with Crippen molar-refractivity contribution in [1.82, 2.24) is 14.4 Å². The summed E-state index contributed by atoms with van der Waals surface area (Å²) in [5.41, 5.74) is 2.47. The molecule has 0 aliphatic carbocycles. The number of benzene rings is 1. The Morgan fingerprint density at radius 3 is 2.79 bits per heavy atom. The zero-order chi connectivity index (χ0) is 13.7. The maximum Gasteiger partial charge on any atom is 0.356 e. The number of hydrogen-bond donors (Lipinski definition) is 2. The van der Waals surface area contributed by atoms with E-state index in [1.165, 1.54) is 0 Å². The number of nitrogens with one attached hydrogen (secondary N) is 1. The van der Waals surface area contributed by atoms with E-state index in [0.717, 1.165) is 11.1 Å². The van der Waals surface area contributed by atoms with Crippen LogP contribution in [0.4, 0.5) is 0 Å². The van der Waals surface area contributed by atoms with Crippen LogP contribution in [-0.2, 0) is 0 Å². The van der Waals surface area contributed by atoms with Gasteiger partial charge in [0, 0.05) is 0 Å². The Morgan fingerprint density at radius 1 is 1.37 bits per heavy atom. The molecule has 0 aliphatic rings. The number of carbonyl (C=O) groups is 1. The van der Waals surface area contributed by atoms with Crippen molar-refractivity contribution in [3.63, 3.8) is 0 Å². The molecule has 6 nitrogen and oxygen atoms in total. The third-order valence-corrected chi connectivity index (χ3v) is 3.16. The fourth-order valence-corrected chi connectivity index (χ4v) is 2.26. The van der Waals surface area contributed by atoms with E-state index in [-0.39, 0.29) is 11.3 Å². The van der Waals surface area contributed by atoms with Crippen molar-refractivity contribution in [2.45, 2.75) is 13.8 Å². The first kappa shape index (κ1) is 11.5. The average molecular weight is 257 g/mol. The van der Waals surface area contributed by atoms with Crippen LogP contribution in [-0.4, -0.2) is 25.4 Å². The Hall–Kier alpha value is -2.63. The van der Waals surface area contributed by atoms with Crippen LogP contribution in [0.1, 0.15) is 21.7 Å². The summed E-state index contributed by atoms with van der Waals surface area (Å²) in [6.45, 7) is 3.57. The number of carboxylic acid groups (broad SMARTS) is 1. The molecule has 0 saturated heterocycles. The molecule has 1 aromatic carbocycles. The van der Waals surface area contributed by atoms with Crippen molar-refractivity contribution >= 4 is 22.6 Å². The van der Waals surface area contributed by atoms with E-state index in [4.69, 9.17) is 5.11 Å². The van der Waals surface area contributed by atoms with Crippen LogP contribution < -0.4 is 5.56 Å². The largest absolute Gasteiger partial charge is 0.476 e. The summed E-state index contributed by atoms with van der Waals surface area (Å²) < 4.78 is 1.59. The normalized spacial score (nSPS) is 11.3. The van der Waals surface area contributed by atoms with Crippen molar-refractivity contribution in [3.05, 3.63) is 45.5 Å².